The minimum absolute atomic E-state index is 0.587. The number of anilines is 1. The number of aromatic nitrogens is 4. The van der Waals surface area contributed by atoms with Gasteiger partial charge in [0.05, 0.1) is 30.4 Å². The van der Waals surface area contributed by atoms with Gasteiger partial charge in [0.2, 0.25) is 5.88 Å². The fourth-order valence-electron chi connectivity index (χ4n) is 4.09. The highest BCUT2D eigenvalue weighted by Crippen LogP contribution is 2.29. The molecule has 0 amide bonds. The summed E-state index contributed by atoms with van der Waals surface area (Å²) >= 11 is 0. The Morgan fingerprint density at radius 1 is 1.03 bits per heavy atom. The van der Waals surface area contributed by atoms with Gasteiger partial charge in [0.1, 0.15) is 12.4 Å². The topological polar surface area (TPSA) is 105 Å². The molecule has 0 unspecified atom stereocenters. The average Bonchev–Trinajstić information content (AvgIpc) is 3.43. The molecule has 0 bridgehead atoms. The number of aliphatic hydroxyl groups is 1. The number of fused-ring (bicyclic) bond motifs is 1. The molecular weight excluding hydrogens is 480 g/mol. The molecule has 4 aromatic heterocycles. The second-order valence-corrected chi connectivity index (χ2v) is 8.35. The summed E-state index contributed by atoms with van der Waals surface area (Å²) < 4.78 is 7.42. The Bertz CT molecular complexity index is 1270. The van der Waals surface area contributed by atoms with Crippen LogP contribution in [0.4, 0.5) is 5.69 Å². The molecule has 0 atom stereocenters. The average molecular weight is 519 g/mol. The van der Waals surface area contributed by atoms with Gasteiger partial charge < -0.3 is 24.9 Å². The van der Waals surface area contributed by atoms with Gasteiger partial charge in [-0.15, -0.1) is 0 Å². The second kappa shape index (κ2) is 15.8. The first-order valence-corrected chi connectivity index (χ1v) is 12.3. The first kappa shape index (κ1) is 30.0. The van der Waals surface area contributed by atoms with Crippen LogP contribution in [0.25, 0.3) is 22.5 Å². The second-order valence-electron chi connectivity index (χ2n) is 8.35. The summed E-state index contributed by atoms with van der Waals surface area (Å²) in [4.78, 5) is 23.2. The van der Waals surface area contributed by atoms with E-state index in [0.717, 1.165) is 54.1 Å². The quantitative estimate of drug-likeness (QED) is 0.391. The number of methoxy groups -OCH3 is 1. The zero-order valence-electron chi connectivity index (χ0n) is 22.7. The van der Waals surface area contributed by atoms with E-state index in [4.69, 9.17) is 14.6 Å². The summed E-state index contributed by atoms with van der Waals surface area (Å²) in [7, 11) is 4.49. The number of pyridine rings is 3. The maximum atomic E-state index is 8.00. The molecule has 0 radical (unpaired) electrons. The first-order valence-electron chi connectivity index (χ1n) is 12.3. The summed E-state index contributed by atoms with van der Waals surface area (Å²) in [6.45, 7) is 10.5. The van der Waals surface area contributed by atoms with E-state index in [-0.39, 0.29) is 0 Å². The van der Waals surface area contributed by atoms with Crippen LogP contribution in [0.3, 0.4) is 0 Å². The van der Waals surface area contributed by atoms with Crippen LogP contribution in [-0.4, -0.2) is 70.5 Å². The number of likely N-dealkylation sites (tertiary alicyclic amines) is 1. The fraction of sp³-hybridized carbons (Fsp3) is 0.310. The van der Waals surface area contributed by atoms with E-state index in [0.29, 0.717) is 5.88 Å². The lowest BCUT2D eigenvalue weighted by atomic mass is 10.1. The minimum atomic E-state index is 0.587. The zero-order chi connectivity index (χ0) is 27.9. The highest BCUT2D eigenvalue weighted by Gasteiger charge is 2.17. The van der Waals surface area contributed by atoms with Crippen molar-refractivity contribution in [3.63, 3.8) is 0 Å². The molecule has 0 spiro atoms. The van der Waals surface area contributed by atoms with Gasteiger partial charge in [0, 0.05) is 63.2 Å². The van der Waals surface area contributed by atoms with E-state index >= 15 is 0 Å². The van der Waals surface area contributed by atoms with Crippen LogP contribution in [0, 0.1) is 6.92 Å². The predicted octanol–water partition coefficient (Wildman–Crippen LogP) is 4.72. The monoisotopic (exact) mass is 518 g/mol. The van der Waals surface area contributed by atoms with Crippen molar-refractivity contribution in [2.75, 3.05) is 39.7 Å². The summed E-state index contributed by atoms with van der Waals surface area (Å²) in [5.74, 6) is 0.587. The number of ether oxygens (including phenoxy) is 1. The first-order chi connectivity index (χ1) is 18.6. The molecule has 202 valence electrons. The Morgan fingerprint density at radius 2 is 1.76 bits per heavy atom. The summed E-state index contributed by atoms with van der Waals surface area (Å²) in [6, 6.07) is 10.1. The molecule has 1 fully saturated rings. The van der Waals surface area contributed by atoms with Gasteiger partial charge in [-0.3, -0.25) is 9.38 Å². The van der Waals surface area contributed by atoms with Crippen LogP contribution in [0.1, 0.15) is 30.5 Å². The van der Waals surface area contributed by atoms with Crippen molar-refractivity contribution in [2.24, 2.45) is 0 Å². The number of aryl methyl sites for hydroxylation is 1. The van der Waals surface area contributed by atoms with Crippen molar-refractivity contribution >= 4 is 23.8 Å². The van der Waals surface area contributed by atoms with Gasteiger partial charge >= 0.3 is 0 Å². The van der Waals surface area contributed by atoms with E-state index in [1.807, 2.05) is 63.6 Å². The summed E-state index contributed by atoms with van der Waals surface area (Å²) in [5, 5.41) is 10.1. The van der Waals surface area contributed by atoms with Crippen LogP contribution in [0.5, 0.6) is 5.88 Å². The minimum Gasteiger partial charge on any atom is -0.480 e. The Morgan fingerprint density at radius 3 is 2.34 bits per heavy atom. The summed E-state index contributed by atoms with van der Waals surface area (Å²) in [6.07, 6.45) is 13.2. The SMILES string of the molecule is C=C(c1cnc2ccc(-c3cnc(OC)c(NC)c3)cn12)N1CCCCC1.C=O.CO.Cc1cccnc1. The molecule has 9 nitrogen and oxygen atoms in total. The number of carbonyl (C=O) groups is 1. The zero-order valence-corrected chi connectivity index (χ0v) is 22.7. The largest absolute Gasteiger partial charge is 0.480 e. The third kappa shape index (κ3) is 7.63. The lowest BCUT2D eigenvalue weighted by Crippen LogP contribution is -2.28. The van der Waals surface area contributed by atoms with Gasteiger partial charge in [-0.2, -0.15) is 0 Å². The smallest absolute Gasteiger partial charge is 0.237 e. The van der Waals surface area contributed by atoms with Crippen LogP contribution < -0.4 is 10.1 Å². The molecule has 5 rings (SSSR count). The number of rotatable bonds is 5. The van der Waals surface area contributed by atoms with Crippen molar-refractivity contribution in [1.82, 2.24) is 24.3 Å². The van der Waals surface area contributed by atoms with Crippen LogP contribution in [-0.2, 0) is 4.79 Å². The standard InChI is InChI=1S/C21H25N5O.C6H7N.CH4O.CH2O/c1-15(25-9-5-4-6-10-25)19-13-23-20-8-7-16(14-26(19)20)17-11-18(22-2)21(27-3)24-12-17;1-6-3-2-4-7-5-6;2*1-2/h7-8,11-14,22H,1,4-6,9-10H2,2-3H3;2-5H,1H3;2H,1H3;1H2. The van der Waals surface area contributed by atoms with Gasteiger partial charge in [0.15, 0.2) is 0 Å². The van der Waals surface area contributed by atoms with Gasteiger partial charge in [-0.1, -0.05) is 12.6 Å². The number of aliphatic hydroxyl groups excluding tert-OH is 1. The molecule has 9 heteroatoms. The van der Waals surface area contributed by atoms with Gasteiger partial charge in [-0.05, 0) is 56.0 Å². The van der Waals surface area contributed by atoms with Crippen molar-refractivity contribution in [3.8, 4) is 17.0 Å². The molecular formula is C29H38N6O3. The maximum Gasteiger partial charge on any atom is 0.237 e. The van der Waals surface area contributed by atoms with Crippen LogP contribution in [0.2, 0.25) is 0 Å². The fourth-order valence-corrected chi connectivity index (χ4v) is 4.09. The predicted molar refractivity (Wildman–Crippen MR) is 153 cm³/mol. The molecule has 2 N–H and O–H groups in total. The molecule has 5 heterocycles. The van der Waals surface area contributed by atoms with Crippen molar-refractivity contribution in [1.29, 1.82) is 0 Å². The molecule has 0 aromatic carbocycles. The number of nitrogens with one attached hydrogen (secondary N) is 1. The Hall–Kier alpha value is -4.24. The van der Waals surface area contributed by atoms with E-state index in [1.165, 1.54) is 24.8 Å². The Labute approximate surface area is 224 Å². The van der Waals surface area contributed by atoms with Crippen molar-refractivity contribution < 1.29 is 14.6 Å². The third-order valence-electron chi connectivity index (χ3n) is 6.00. The molecule has 4 aromatic rings. The number of hydrogen-bond donors (Lipinski definition) is 2. The van der Waals surface area contributed by atoms with E-state index in [9.17, 15) is 0 Å². The summed E-state index contributed by atoms with van der Waals surface area (Å²) in [5.41, 5.74) is 7.17. The molecule has 38 heavy (non-hydrogen) atoms. The molecule has 1 aliphatic rings. The van der Waals surface area contributed by atoms with Gasteiger partial charge in [-0.25, -0.2) is 9.97 Å². The number of nitrogens with zero attached hydrogens (tertiary/aromatic N) is 5. The Kier molecular flexibility index (Phi) is 12.5. The van der Waals surface area contributed by atoms with E-state index in [2.05, 4.69) is 48.4 Å². The molecule has 0 aliphatic carbocycles. The third-order valence-corrected chi connectivity index (χ3v) is 6.00. The number of hydrogen-bond acceptors (Lipinski definition) is 8. The highest BCUT2D eigenvalue weighted by molar-refractivity contribution is 5.71. The number of piperidine rings is 1. The lowest BCUT2D eigenvalue weighted by Gasteiger charge is -2.30. The van der Waals surface area contributed by atoms with Crippen LogP contribution in [0.15, 0.2) is 67.9 Å². The van der Waals surface area contributed by atoms with Crippen LogP contribution >= 0.6 is 0 Å². The molecule has 1 saturated heterocycles. The molecule has 1 aliphatic heterocycles. The molecule has 0 saturated carbocycles. The normalized spacial score (nSPS) is 12.1. The lowest BCUT2D eigenvalue weighted by molar-refractivity contribution is -0.0980. The van der Waals surface area contributed by atoms with Crippen molar-refractivity contribution in [3.05, 3.63) is 79.2 Å². The number of carbonyl (C=O) groups excluding carboxylic acids is 1. The maximum absolute atomic E-state index is 8.00. The Balaban J connectivity index is 0.000000391. The van der Waals surface area contributed by atoms with E-state index in [1.54, 1.807) is 13.3 Å². The number of imidazole rings is 1. The van der Waals surface area contributed by atoms with E-state index < -0.39 is 0 Å². The van der Waals surface area contributed by atoms with Crippen molar-refractivity contribution in [2.45, 2.75) is 26.2 Å². The highest BCUT2D eigenvalue weighted by atomic mass is 16.5. The van der Waals surface area contributed by atoms with Gasteiger partial charge in [0.25, 0.3) is 0 Å².